The molecule has 1 amide bonds. The fourth-order valence-electron chi connectivity index (χ4n) is 3.64. The molecule has 4 rings (SSSR count). The minimum atomic E-state index is -0.361. The van der Waals surface area contributed by atoms with E-state index in [0.29, 0.717) is 29.6 Å². The van der Waals surface area contributed by atoms with Crippen molar-refractivity contribution < 1.29 is 9.53 Å². The van der Waals surface area contributed by atoms with Crippen LogP contribution in [0.25, 0.3) is 10.9 Å². The average molecular weight is 422 g/mol. The fourth-order valence-corrected chi connectivity index (χ4v) is 4.08. The molecular formula is C18H17Cl2N5O3. The summed E-state index contributed by atoms with van der Waals surface area (Å²) in [6.45, 7) is 2.33. The van der Waals surface area contributed by atoms with Gasteiger partial charge in [0.1, 0.15) is 10.2 Å². The number of H-pyrrole nitrogens is 1. The van der Waals surface area contributed by atoms with Gasteiger partial charge in [0.15, 0.2) is 5.75 Å². The van der Waals surface area contributed by atoms with E-state index in [4.69, 9.17) is 27.9 Å². The highest BCUT2D eigenvalue weighted by Crippen LogP contribution is 2.38. The second-order valence-electron chi connectivity index (χ2n) is 6.61. The minimum Gasteiger partial charge on any atom is -0.494 e. The van der Waals surface area contributed by atoms with Gasteiger partial charge in [-0.05, 0) is 6.92 Å². The first kappa shape index (κ1) is 18.8. The molecule has 0 saturated heterocycles. The van der Waals surface area contributed by atoms with E-state index >= 15 is 0 Å². The van der Waals surface area contributed by atoms with E-state index in [9.17, 15) is 9.59 Å². The van der Waals surface area contributed by atoms with Crippen molar-refractivity contribution in [3.05, 3.63) is 50.0 Å². The highest BCUT2D eigenvalue weighted by atomic mass is 35.5. The van der Waals surface area contributed by atoms with Crippen LogP contribution in [-0.4, -0.2) is 44.0 Å². The third-order valence-corrected chi connectivity index (χ3v) is 6.05. The number of hydrogen-bond acceptors (Lipinski definition) is 5. The van der Waals surface area contributed by atoms with E-state index in [2.05, 4.69) is 15.0 Å². The lowest BCUT2D eigenvalue weighted by Crippen LogP contribution is -2.39. The Labute approximate surface area is 170 Å². The summed E-state index contributed by atoms with van der Waals surface area (Å²) in [5.74, 6) is 0.231. The van der Waals surface area contributed by atoms with Gasteiger partial charge in [-0.25, -0.2) is 9.97 Å². The predicted octanol–water partition coefficient (Wildman–Crippen LogP) is 2.73. The monoisotopic (exact) mass is 421 g/mol. The second kappa shape index (κ2) is 6.79. The number of fused-ring (bicyclic) bond motifs is 3. The van der Waals surface area contributed by atoms with Gasteiger partial charge in [0.25, 0.3) is 11.5 Å². The molecule has 1 atom stereocenters. The van der Waals surface area contributed by atoms with Crippen molar-refractivity contribution in [2.24, 2.45) is 7.05 Å². The molecule has 3 aromatic heterocycles. The molecule has 0 spiro atoms. The van der Waals surface area contributed by atoms with Gasteiger partial charge in [-0.15, -0.1) is 0 Å². The molecule has 0 aliphatic carbocycles. The lowest BCUT2D eigenvalue weighted by atomic mass is 9.97. The Morgan fingerprint density at radius 1 is 1.32 bits per heavy atom. The molecular weight excluding hydrogens is 405 g/mol. The highest BCUT2D eigenvalue weighted by molar-refractivity contribution is 6.44. The summed E-state index contributed by atoms with van der Waals surface area (Å²) in [7, 11) is 3.07. The third kappa shape index (κ3) is 2.67. The minimum absolute atomic E-state index is 0.0740. The quantitative estimate of drug-likeness (QED) is 0.642. The number of methoxy groups -OCH3 is 1. The van der Waals surface area contributed by atoms with Crippen molar-refractivity contribution in [1.82, 2.24) is 24.4 Å². The van der Waals surface area contributed by atoms with Crippen molar-refractivity contribution in [2.75, 3.05) is 13.7 Å². The first-order chi connectivity index (χ1) is 13.3. The first-order valence-electron chi connectivity index (χ1n) is 8.60. The maximum Gasteiger partial charge on any atom is 0.292 e. The lowest BCUT2D eigenvalue weighted by Gasteiger charge is -2.33. The molecule has 1 aliphatic heterocycles. The zero-order valence-electron chi connectivity index (χ0n) is 15.4. The van der Waals surface area contributed by atoms with Gasteiger partial charge in [-0.3, -0.25) is 9.59 Å². The molecule has 10 heteroatoms. The van der Waals surface area contributed by atoms with E-state index in [1.54, 1.807) is 11.9 Å². The normalized spacial score (nSPS) is 16.3. The van der Waals surface area contributed by atoms with E-state index in [0.717, 1.165) is 11.3 Å². The van der Waals surface area contributed by atoms with Gasteiger partial charge in [-0.2, -0.15) is 0 Å². The number of ether oxygens (including phenoxy) is 1. The van der Waals surface area contributed by atoms with Crippen LogP contribution in [0.2, 0.25) is 10.2 Å². The zero-order valence-corrected chi connectivity index (χ0v) is 16.9. The first-order valence-corrected chi connectivity index (χ1v) is 9.36. The second-order valence-corrected chi connectivity index (χ2v) is 7.34. The molecule has 0 saturated carbocycles. The number of pyridine rings is 1. The molecule has 1 N–H and O–H groups in total. The number of rotatable bonds is 2. The Hall–Kier alpha value is -2.58. The van der Waals surface area contributed by atoms with Crippen LogP contribution >= 0.6 is 23.2 Å². The number of nitrogens with one attached hydrogen (secondary N) is 1. The summed E-state index contributed by atoms with van der Waals surface area (Å²) in [6.07, 6.45) is 3.44. The maximum atomic E-state index is 13.0. The van der Waals surface area contributed by atoms with Crippen LogP contribution in [0, 0.1) is 0 Å². The van der Waals surface area contributed by atoms with Gasteiger partial charge in [0, 0.05) is 31.3 Å². The van der Waals surface area contributed by atoms with E-state index in [1.807, 2.05) is 6.92 Å². The smallest absolute Gasteiger partial charge is 0.292 e. The average Bonchev–Trinajstić information content (AvgIpc) is 3.11. The Morgan fingerprint density at radius 2 is 2.00 bits per heavy atom. The number of aromatic nitrogens is 4. The van der Waals surface area contributed by atoms with Gasteiger partial charge in [-0.1, -0.05) is 23.2 Å². The van der Waals surface area contributed by atoms with Crippen LogP contribution < -0.4 is 10.3 Å². The summed E-state index contributed by atoms with van der Waals surface area (Å²) in [5, 5.41) is 0.911. The largest absolute Gasteiger partial charge is 0.494 e. The van der Waals surface area contributed by atoms with E-state index in [-0.39, 0.29) is 33.5 Å². The number of amides is 1. The topological polar surface area (TPSA) is 93.1 Å². The van der Waals surface area contributed by atoms with Gasteiger partial charge in [0.2, 0.25) is 5.82 Å². The molecule has 8 nitrogen and oxygen atoms in total. The van der Waals surface area contributed by atoms with Crippen molar-refractivity contribution in [2.45, 2.75) is 19.4 Å². The van der Waals surface area contributed by atoms with E-state index < -0.39 is 0 Å². The molecule has 1 aliphatic rings. The molecule has 3 aromatic rings. The molecule has 146 valence electrons. The van der Waals surface area contributed by atoms with Crippen molar-refractivity contribution in [1.29, 1.82) is 0 Å². The molecule has 0 fully saturated rings. The Bertz CT molecular complexity index is 1150. The Morgan fingerprint density at radius 3 is 2.64 bits per heavy atom. The third-order valence-electron chi connectivity index (χ3n) is 5.14. The van der Waals surface area contributed by atoms with Crippen molar-refractivity contribution in [3.63, 3.8) is 0 Å². The summed E-state index contributed by atoms with van der Waals surface area (Å²) in [4.78, 5) is 38.9. The van der Waals surface area contributed by atoms with Crippen LogP contribution in [0.15, 0.2) is 17.2 Å². The van der Waals surface area contributed by atoms with Gasteiger partial charge in [0.05, 0.1) is 36.4 Å². The number of halogens is 2. The maximum absolute atomic E-state index is 13.0. The SMILES string of the molecule is COc1cnc(C(=O)N2CCc3[nH]c4c(Cl)c(Cl)n(C)c(=O)c4c3C2C)nc1. The number of hydrogen-bond donors (Lipinski definition) is 1. The fraction of sp³-hybridized carbons (Fsp3) is 0.333. The van der Waals surface area contributed by atoms with Gasteiger partial charge >= 0.3 is 0 Å². The lowest BCUT2D eigenvalue weighted by molar-refractivity contribution is 0.0665. The van der Waals surface area contributed by atoms with Crippen LogP contribution in [0.1, 0.15) is 34.8 Å². The zero-order chi connectivity index (χ0) is 20.2. The number of carbonyl (C=O) groups is 1. The van der Waals surface area contributed by atoms with Crippen molar-refractivity contribution >= 4 is 40.0 Å². The number of nitrogens with zero attached hydrogens (tertiary/aromatic N) is 4. The number of carbonyl (C=O) groups excluding carboxylic acids is 1. The van der Waals surface area contributed by atoms with E-state index in [1.165, 1.54) is 24.1 Å². The molecule has 0 radical (unpaired) electrons. The predicted molar refractivity (Wildman–Crippen MR) is 105 cm³/mol. The van der Waals surface area contributed by atoms with Crippen LogP contribution in [-0.2, 0) is 13.5 Å². The summed E-state index contributed by atoms with van der Waals surface area (Å²) in [5.41, 5.74) is 1.87. The summed E-state index contributed by atoms with van der Waals surface area (Å²) >= 11 is 12.5. The van der Waals surface area contributed by atoms with Crippen LogP contribution in [0.4, 0.5) is 0 Å². The number of aromatic amines is 1. The Kier molecular flexibility index (Phi) is 4.55. The van der Waals surface area contributed by atoms with Gasteiger partial charge < -0.3 is 19.2 Å². The Balaban J connectivity index is 1.80. The highest BCUT2D eigenvalue weighted by Gasteiger charge is 2.34. The molecule has 0 bridgehead atoms. The summed E-state index contributed by atoms with van der Waals surface area (Å²) < 4.78 is 6.34. The van der Waals surface area contributed by atoms with Crippen molar-refractivity contribution in [3.8, 4) is 5.75 Å². The van der Waals surface area contributed by atoms with Crippen LogP contribution in [0.5, 0.6) is 5.75 Å². The molecule has 1 unspecified atom stereocenters. The summed E-state index contributed by atoms with van der Waals surface area (Å²) in [6, 6.07) is -0.361. The van der Waals surface area contributed by atoms with Crippen LogP contribution in [0.3, 0.4) is 0 Å². The standard InChI is InChI=1S/C18H17Cl2N5O3/c1-8-11-10(23-14-12(11)17(26)24(2)15(20)13(14)19)4-5-25(8)18(27)16-21-6-9(28-3)7-22-16/h6-8,23H,4-5H2,1-3H3. The molecule has 4 heterocycles. The molecule has 28 heavy (non-hydrogen) atoms. The molecule has 0 aromatic carbocycles.